The van der Waals surface area contributed by atoms with Crippen molar-refractivity contribution in [3.8, 4) is 0 Å². The summed E-state index contributed by atoms with van der Waals surface area (Å²) in [5.74, 6) is 0.847. The molecule has 2 aromatic carbocycles. The Morgan fingerprint density at radius 1 is 1.00 bits per heavy atom. The Hall–Kier alpha value is -0.701. The van der Waals surface area contributed by atoms with Gasteiger partial charge in [-0.15, -0.1) is 0 Å². The Labute approximate surface area is 139 Å². The molecular formula is C16H15NOSSe2. The van der Waals surface area contributed by atoms with Crippen molar-refractivity contribution >= 4 is 45.7 Å². The van der Waals surface area contributed by atoms with Gasteiger partial charge in [0.1, 0.15) is 0 Å². The van der Waals surface area contributed by atoms with Gasteiger partial charge in [0.2, 0.25) is 0 Å². The third-order valence-electron chi connectivity index (χ3n) is 2.91. The average Bonchev–Trinajstić information content (AvgIpc) is 2.57. The van der Waals surface area contributed by atoms with Gasteiger partial charge in [-0.1, -0.05) is 0 Å². The molecule has 1 aliphatic rings. The second-order valence-corrected chi connectivity index (χ2v) is 14.7. The van der Waals surface area contributed by atoms with E-state index in [1.54, 1.807) is 0 Å². The SMILES string of the molecule is c1ccc(S[Se][Se]c2ccccc2C2=NCCCO2)cc1. The molecule has 0 amide bonds. The zero-order valence-electron chi connectivity index (χ0n) is 11.4. The molecule has 2 aromatic rings. The molecule has 0 radical (unpaired) electrons. The van der Waals surface area contributed by atoms with Crippen molar-refractivity contribution in [3.05, 3.63) is 60.2 Å². The van der Waals surface area contributed by atoms with E-state index >= 15 is 0 Å². The summed E-state index contributed by atoms with van der Waals surface area (Å²) in [6.07, 6.45) is 1.03. The van der Waals surface area contributed by atoms with Gasteiger partial charge in [0, 0.05) is 0 Å². The number of aliphatic imine (C=N–C) groups is 1. The van der Waals surface area contributed by atoms with Crippen LogP contribution in [0.15, 0.2) is 64.5 Å². The van der Waals surface area contributed by atoms with Crippen LogP contribution in [0.1, 0.15) is 12.0 Å². The molecule has 2 nitrogen and oxygen atoms in total. The molecule has 0 unspecified atom stereocenters. The van der Waals surface area contributed by atoms with Gasteiger partial charge in [0.05, 0.1) is 0 Å². The molecule has 0 aromatic heterocycles. The van der Waals surface area contributed by atoms with E-state index in [1.165, 1.54) is 14.9 Å². The Kier molecular flexibility index (Phi) is 5.84. The van der Waals surface area contributed by atoms with Gasteiger partial charge in [-0.3, -0.25) is 0 Å². The van der Waals surface area contributed by atoms with Gasteiger partial charge in [0.15, 0.2) is 0 Å². The minimum atomic E-state index is 0.480. The summed E-state index contributed by atoms with van der Waals surface area (Å²) < 4.78 is 7.14. The first-order valence-corrected chi connectivity index (χ1v) is 14.8. The van der Waals surface area contributed by atoms with Gasteiger partial charge >= 0.3 is 140 Å². The molecular weight excluding hydrogens is 412 g/mol. The van der Waals surface area contributed by atoms with Gasteiger partial charge in [-0.2, -0.15) is 0 Å². The minimum absolute atomic E-state index is 0.480. The molecule has 0 aliphatic carbocycles. The summed E-state index contributed by atoms with van der Waals surface area (Å²) in [7, 11) is 1.98. The van der Waals surface area contributed by atoms with Crippen molar-refractivity contribution in [2.24, 2.45) is 4.99 Å². The normalized spacial score (nSPS) is 14.4. The predicted molar refractivity (Wildman–Crippen MR) is 91.9 cm³/mol. The zero-order valence-corrected chi connectivity index (χ0v) is 15.6. The van der Waals surface area contributed by atoms with Crippen LogP contribution in [0.4, 0.5) is 0 Å². The van der Waals surface area contributed by atoms with E-state index in [0.29, 0.717) is 25.1 Å². The van der Waals surface area contributed by atoms with E-state index in [1.807, 2.05) is 10.2 Å². The predicted octanol–water partition coefficient (Wildman–Crippen LogP) is 2.51. The maximum absolute atomic E-state index is 5.73. The van der Waals surface area contributed by atoms with Crippen LogP contribution in [0.3, 0.4) is 0 Å². The first-order chi connectivity index (χ1) is 10.4. The van der Waals surface area contributed by atoms with E-state index in [4.69, 9.17) is 4.74 Å². The molecule has 0 bridgehead atoms. The Morgan fingerprint density at radius 2 is 1.81 bits per heavy atom. The molecule has 5 heteroatoms. The fourth-order valence-corrected chi connectivity index (χ4v) is 12.7. The number of nitrogens with zero attached hydrogens (tertiary/aromatic N) is 1. The molecule has 0 fully saturated rings. The van der Waals surface area contributed by atoms with E-state index in [-0.39, 0.29) is 0 Å². The van der Waals surface area contributed by atoms with Crippen LogP contribution in [-0.4, -0.2) is 44.2 Å². The standard InChI is InChI=1S/C16H15NOSSe2/c1-2-7-13(8-3-1)19-21-20-15-10-5-4-9-14(15)16-17-11-6-12-18-16/h1-5,7-10H,6,11-12H2. The van der Waals surface area contributed by atoms with E-state index in [9.17, 15) is 0 Å². The Bertz CT molecular complexity index is 619. The van der Waals surface area contributed by atoms with Crippen molar-refractivity contribution in [2.45, 2.75) is 11.3 Å². The van der Waals surface area contributed by atoms with Crippen molar-refractivity contribution in [3.63, 3.8) is 0 Å². The Morgan fingerprint density at radius 3 is 2.62 bits per heavy atom. The van der Waals surface area contributed by atoms with Crippen LogP contribution in [-0.2, 0) is 4.74 Å². The quantitative estimate of drug-likeness (QED) is 0.685. The molecule has 0 atom stereocenters. The molecule has 3 rings (SSSR count). The number of ether oxygens (including phenoxy) is 1. The second kappa shape index (κ2) is 8.07. The molecule has 1 heterocycles. The van der Waals surface area contributed by atoms with Crippen molar-refractivity contribution in [1.29, 1.82) is 0 Å². The van der Waals surface area contributed by atoms with Crippen molar-refractivity contribution in [1.82, 2.24) is 0 Å². The molecule has 0 spiro atoms. The summed E-state index contributed by atoms with van der Waals surface area (Å²) >= 11 is 1.02. The molecule has 0 saturated carbocycles. The Balaban J connectivity index is 1.66. The third-order valence-corrected chi connectivity index (χ3v) is 13.1. The summed E-state index contributed by atoms with van der Waals surface area (Å²) in [6, 6.07) is 19.2. The number of hydrogen-bond donors (Lipinski definition) is 0. The van der Waals surface area contributed by atoms with Crippen LogP contribution in [0.2, 0.25) is 0 Å². The summed E-state index contributed by atoms with van der Waals surface area (Å²) in [5.41, 5.74) is 1.20. The summed E-state index contributed by atoms with van der Waals surface area (Å²) in [4.78, 5) is 5.90. The first kappa shape index (κ1) is 15.2. The summed E-state index contributed by atoms with van der Waals surface area (Å²) in [5, 5.41) is 0. The molecule has 21 heavy (non-hydrogen) atoms. The van der Waals surface area contributed by atoms with Gasteiger partial charge in [0.25, 0.3) is 0 Å². The third kappa shape index (κ3) is 4.38. The number of rotatable bonds is 5. The van der Waals surface area contributed by atoms with E-state index < -0.39 is 0 Å². The van der Waals surface area contributed by atoms with Gasteiger partial charge in [-0.25, -0.2) is 0 Å². The molecule has 0 saturated heterocycles. The van der Waals surface area contributed by atoms with Crippen molar-refractivity contribution < 1.29 is 4.74 Å². The van der Waals surface area contributed by atoms with Crippen LogP contribution in [0.25, 0.3) is 0 Å². The average molecular weight is 427 g/mol. The summed E-state index contributed by atoms with van der Waals surface area (Å²) in [6.45, 7) is 1.69. The van der Waals surface area contributed by atoms with Gasteiger partial charge in [-0.05, 0) is 0 Å². The molecule has 1 aliphatic heterocycles. The monoisotopic (exact) mass is 429 g/mol. The second-order valence-electron chi connectivity index (χ2n) is 4.43. The number of benzene rings is 2. The van der Waals surface area contributed by atoms with Crippen molar-refractivity contribution in [2.75, 3.05) is 13.2 Å². The fourth-order valence-electron chi connectivity index (χ4n) is 1.91. The fraction of sp³-hybridized carbons (Fsp3) is 0.188. The molecule has 108 valence electrons. The number of hydrogen-bond acceptors (Lipinski definition) is 3. The van der Waals surface area contributed by atoms with E-state index in [0.717, 1.165) is 25.5 Å². The first-order valence-electron chi connectivity index (χ1n) is 6.76. The van der Waals surface area contributed by atoms with Crippen LogP contribution in [0.5, 0.6) is 0 Å². The van der Waals surface area contributed by atoms with Crippen LogP contribution in [0, 0.1) is 0 Å². The zero-order chi connectivity index (χ0) is 14.3. The van der Waals surface area contributed by atoms with Crippen LogP contribution < -0.4 is 4.46 Å². The maximum atomic E-state index is 5.73. The molecule has 0 N–H and O–H groups in total. The van der Waals surface area contributed by atoms with Crippen LogP contribution >= 0.6 is 10.2 Å². The van der Waals surface area contributed by atoms with Gasteiger partial charge < -0.3 is 0 Å². The topological polar surface area (TPSA) is 21.6 Å². The van der Waals surface area contributed by atoms with E-state index in [2.05, 4.69) is 59.6 Å².